The molecule has 5 rings (SSSR count). The Morgan fingerprint density at radius 2 is 1.51 bits per heavy atom. The molecular formula is C38H48O13. The van der Waals surface area contributed by atoms with Crippen LogP contribution in [-0.4, -0.2) is 83.6 Å². The topological polar surface area (TPSA) is 167 Å². The summed E-state index contributed by atoms with van der Waals surface area (Å²) >= 11 is 0. The van der Waals surface area contributed by atoms with E-state index < -0.39 is 106 Å². The first-order chi connectivity index (χ1) is 23.8. The highest BCUT2D eigenvalue weighted by Crippen LogP contribution is 2.69. The van der Waals surface area contributed by atoms with Crippen LogP contribution in [0.15, 0.2) is 42.5 Å². The Kier molecular flexibility index (Phi) is 10.2. The predicted octanol–water partition coefficient (Wildman–Crippen LogP) is 4.29. The van der Waals surface area contributed by atoms with Crippen LogP contribution in [0.4, 0.5) is 0 Å². The van der Waals surface area contributed by atoms with Gasteiger partial charge in [0.05, 0.1) is 23.5 Å². The lowest BCUT2D eigenvalue weighted by atomic mass is 9.54. The van der Waals surface area contributed by atoms with E-state index in [4.69, 9.17) is 33.2 Å². The van der Waals surface area contributed by atoms with Gasteiger partial charge in [0, 0.05) is 46.0 Å². The molecule has 3 fully saturated rings. The zero-order valence-corrected chi connectivity index (χ0v) is 30.6. The molecule has 0 spiro atoms. The molecule has 4 aliphatic rings. The average Bonchev–Trinajstić information content (AvgIpc) is 3.47. The van der Waals surface area contributed by atoms with Crippen molar-refractivity contribution in [2.45, 2.75) is 116 Å². The maximum absolute atomic E-state index is 14.2. The fraction of sp³-hybridized carbons (Fsp3) is 0.632. The predicted molar refractivity (Wildman–Crippen MR) is 177 cm³/mol. The minimum atomic E-state index is -1.81. The van der Waals surface area contributed by atoms with Crippen molar-refractivity contribution in [1.29, 1.82) is 0 Å². The summed E-state index contributed by atoms with van der Waals surface area (Å²) < 4.78 is 44.2. The third-order valence-electron chi connectivity index (χ3n) is 11.1. The van der Waals surface area contributed by atoms with Gasteiger partial charge in [0.25, 0.3) is 0 Å². The van der Waals surface area contributed by atoms with Crippen LogP contribution in [-0.2, 0) is 57.1 Å². The van der Waals surface area contributed by atoms with Crippen LogP contribution < -0.4 is 0 Å². The molecule has 0 radical (unpaired) electrons. The Balaban J connectivity index is 1.90. The largest absolute Gasteiger partial charge is 0.461 e. The molecule has 11 atom stereocenters. The zero-order chi connectivity index (χ0) is 37.7. The minimum absolute atomic E-state index is 0.00875. The third-order valence-corrected chi connectivity index (χ3v) is 11.1. The van der Waals surface area contributed by atoms with Crippen molar-refractivity contribution >= 4 is 35.8 Å². The van der Waals surface area contributed by atoms with E-state index in [0.717, 1.165) is 0 Å². The lowest BCUT2D eigenvalue weighted by Gasteiger charge is -2.53. The molecule has 1 aliphatic heterocycles. The number of carbonyl (C=O) groups excluding carboxylic acids is 6. The monoisotopic (exact) mass is 712 g/mol. The number of fused-ring (bicyclic) bond motifs is 1. The number of rotatable bonds is 9. The summed E-state index contributed by atoms with van der Waals surface area (Å²) in [5.41, 5.74) is -5.93. The number of carbonyl (C=O) groups is 6. The molecule has 0 aromatic heterocycles. The first-order valence-corrected chi connectivity index (χ1v) is 17.4. The standard InChI is InChI=1S/C38H48O13/c1-10-28(43)48-30-20(2)18-38(51-24(6)42)29(30)32(47-22(4)40)37-19-45-36(9,34(38)49-33(44)25-14-12-11-13-15-25)31(37)26(35(7,8)50-23(5)41)16-17-27(37)46-21(3)39/h11-17,20,26-27,29-32,34H,10,18-19H2,1-9H3/t20-,26-,27+,29+,30-,31-,32+,34+,36+,37+,38+/m0/s1. The van der Waals surface area contributed by atoms with Gasteiger partial charge in [-0.25, -0.2) is 4.79 Å². The molecule has 278 valence electrons. The highest BCUT2D eigenvalue weighted by molar-refractivity contribution is 5.89. The molecular weight excluding hydrogens is 664 g/mol. The Labute approximate surface area is 297 Å². The maximum atomic E-state index is 14.2. The summed E-state index contributed by atoms with van der Waals surface area (Å²) in [6, 6.07) is 8.25. The van der Waals surface area contributed by atoms with E-state index in [9.17, 15) is 28.8 Å². The van der Waals surface area contributed by atoms with Crippen molar-refractivity contribution in [3.05, 3.63) is 48.0 Å². The van der Waals surface area contributed by atoms with Gasteiger partial charge < -0.3 is 33.2 Å². The Morgan fingerprint density at radius 3 is 2.08 bits per heavy atom. The Hall–Kier alpha value is -4.26. The molecule has 51 heavy (non-hydrogen) atoms. The Bertz CT molecular complexity index is 1600. The number of hydrogen-bond donors (Lipinski definition) is 0. The molecule has 0 N–H and O–H groups in total. The second kappa shape index (κ2) is 13.7. The van der Waals surface area contributed by atoms with Gasteiger partial charge in [-0.2, -0.15) is 0 Å². The second-order valence-electron chi connectivity index (χ2n) is 14.9. The lowest BCUT2D eigenvalue weighted by molar-refractivity contribution is -0.239. The van der Waals surface area contributed by atoms with Crippen LogP contribution in [0, 0.1) is 29.1 Å². The minimum Gasteiger partial charge on any atom is -0.461 e. The summed E-state index contributed by atoms with van der Waals surface area (Å²) in [6.45, 7) is 13.4. The van der Waals surface area contributed by atoms with Gasteiger partial charge in [0.2, 0.25) is 0 Å². The fourth-order valence-electron chi connectivity index (χ4n) is 9.61. The number of ether oxygens (including phenoxy) is 7. The summed E-state index contributed by atoms with van der Waals surface area (Å²) in [5.74, 6) is -7.26. The highest BCUT2D eigenvalue weighted by Gasteiger charge is 2.82. The molecule has 3 aliphatic carbocycles. The van der Waals surface area contributed by atoms with Crippen LogP contribution in [0.25, 0.3) is 0 Å². The van der Waals surface area contributed by atoms with Crippen LogP contribution in [0.3, 0.4) is 0 Å². The summed E-state index contributed by atoms with van der Waals surface area (Å²) in [7, 11) is 0. The Morgan fingerprint density at radius 1 is 0.863 bits per heavy atom. The van der Waals surface area contributed by atoms with E-state index in [1.807, 2.05) is 6.92 Å². The molecule has 2 saturated carbocycles. The lowest BCUT2D eigenvalue weighted by Crippen LogP contribution is -2.64. The van der Waals surface area contributed by atoms with Gasteiger partial charge in [-0.3, -0.25) is 24.0 Å². The van der Waals surface area contributed by atoms with E-state index >= 15 is 0 Å². The SMILES string of the molecule is CCC(=O)O[C@@H]1[C@@H]2[C@@H](OC(C)=O)[C@@]34CO[C@@](C)([C@@H](OC(=O)c5ccccc5)[C@@]2(OC(C)=O)C[C@@H]1C)[C@@H]3[C@@H](C(C)(C)OC(C)=O)C=C[C@H]4OC(C)=O. The zero-order valence-electron chi connectivity index (χ0n) is 30.6. The molecule has 1 aromatic rings. The molecule has 13 heteroatoms. The van der Waals surface area contributed by atoms with Crippen molar-refractivity contribution in [1.82, 2.24) is 0 Å². The van der Waals surface area contributed by atoms with Crippen LogP contribution in [0.1, 0.15) is 85.5 Å². The number of hydrogen-bond acceptors (Lipinski definition) is 13. The molecule has 1 heterocycles. The van der Waals surface area contributed by atoms with Gasteiger partial charge in [0.15, 0.2) is 11.7 Å². The highest BCUT2D eigenvalue weighted by atomic mass is 16.6. The summed E-state index contributed by atoms with van der Waals surface area (Å²) in [6.07, 6.45) is -1.42. The first kappa shape index (κ1) is 38.0. The molecule has 0 unspecified atom stereocenters. The van der Waals surface area contributed by atoms with Gasteiger partial charge in [-0.05, 0) is 51.3 Å². The van der Waals surface area contributed by atoms with E-state index in [-0.39, 0.29) is 25.0 Å². The van der Waals surface area contributed by atoms with Crippen LogP contribution in [0.5, 0.6) is 0 Å². The summed E-state index contributed by atoms with van der Waals surface area (Å²) in [4.78, 5) is 79.1. The van der Waals surface area contributed by atoms with E-state index in [1.165, 1.54) is 27.7 Å². The van der Waals surface area contributed by atoms with Crippen molar-refractivity contribution < 1.29 is 61.9 Å². The third kappa shape index (κ3) is 6.42. The van der Waals surface area contributed by atoms with Crippen molar-refractivity contribution in [2.75, 3.05) is 6.61 Å². The van der Waals surface area contributed by atoms with Gasteiger partial charge in [-0.1, -0.05) is 38.1 Å². The van der Waals surface area contributed by atoms with Crippen LogP contribution in [0.2, 0.25) is 0 Å². The van der Waals surface area contributed by atoms with Crippen molar-refractivity contribution in [2.24, 2.45) is 29.1 Å². The smallest absolute Gasteiger partial charge is 0.338 e. The summed E-state index contributed by atoms with van der Waals surface area (Å²) in [5, 5.41) is 0. The normalized spacial score (nSPS) is 36.4. The van der Waals surface area contributed by atoms with Gasteiger partial charge >= 0.3 is 35.8 Å². The molecule has 2 bridgehead atoms. The van der Waals surface area contributed by atoms with Crippen molar-refractivity contribution in [3.8, 4) is 0 Å². The molecule has 0 amide bonds. The van der Waals surface area contributed by atoms with E-state index in [2.05, 4.69) is 0 Å². The maximum Gasteiger partial charge on any atom is 0.338 e. The quantitative estimate of drug-likeness (QED) is 0.202. The van der Waals surface area contributed by atoms with Crippen molar-refractivity contribution in [3.63, 3.8) is 0 Å². The molecule has 1 saturated heterocycles. The number of benzene rings is 1. The van der Waals surface area contributed by atoms with Gasteiger partial charge in [0.1, 0.15) is 29.5 Å². The molecule has 13 nitrogen and oxygen atoms in total. The fourth-order valence-corrected chi connectivity index (χ4v) is 9.61. The van der Waals surface area contributed by atoms with E-state index in [1.54, 1.807) is 70.2 Å². The van der Waals surface area contributed by atoms with E-state index in [0.29, 0.717) is 0 Å². The van der Waals surface area contributed by atoms with Crippen LogP contribution >= 0.6 is 0 Å². The van der Waals surface area contributed by atoms with Gasteiger partial charge in [-0.15, -0.1) is 0 Å². The molecule has 1 aromatic carbocycles. The average molecular weight is 713 g/mol. The first-order valence-electron chi connectivity index (χ1n) is 17.4. The number of esters is 6. The second-order valence-corrected chi connectivity index (χ2v) is 14.9.